The summed E-state index contributed by atoms with van der Waals surface area (Å²) in [6.45, 7) is 0.237. The fourth-order valence-corrected chi connectivity index (χ4v) is 2.48. The van der Waals surface area contributed by atoms with Crippen molar-refractivity contribution in [2.45, 2.75) is 25.3 Å². The Morgan fingerprint density at radius 1 is 1.27 bits per heavy atom. The summed E-state index contributed by atoms with van der Waals surface area (Å²) in [5, 5.41) is 11.6. The SMILES string of the molecule is Nc1ccc(CC(=O)NCC(=O)N2CCC[C@H]2C(=O)O)cc1. The molecule has 7 heteroatoms. The number of nitrogens with zero attached hydrogens (tertiary/aromatic N) is 1. The molecule has 118 valence electrons. The normalized spacial score (nSPS) is 17.3. The van der Waals surface area contributed by atoms with Gasteiger partial charge in [0.2, 0.25) is 11.8 Å². The minimum absolute atomic E-state index is 0.149. The van der Waals surface area contributed by atoms with E-state index in [0.717, 1.165) is 5.56 Å². The Morgan fingerprint density at radius 3 is 2.59 bits per heavy atom. The third kappa shape index (κ3) is 3.97. The maximum Gasteiger partial charge on any atom is 0.326 e. The Hall–Kier alpha value is -2.57. The van der Waals surface area contributed by atoms with Crippen molar-refractivity contribution in [1.29, 1.82) is 0 Å². The molecule has 0 spiro atoms. The monoisotopic (exact) mass is 305 g/mol. The second kappa shape index (κ2) is 6.93. The number of aliphatic carboxylic acids is 1. The standard InChI is InChI=1S/C15H19N3O4/c16-11-5-3-10(4-6-11)8-13(19)17-9-14(20)18-7-1-2-12(18)15(21)22/h3-6,12H,1-2,7-9,16H2,(H,17,19)(H,21,22)/t12-/m0/s1. The van der Waals surface area contributed by atoms with Crippen molar-refractivity contribution in [2.75, 3.05) is 18.8 Å². The van der Waals surface area contributed by atoms with Gasteiger partial charge in [-0.3, -0.25) is 9.59 Å². The molecule has 0 saturated carbocycles. The van der Waals surface area contributed by atoms with E-state index >= 15 is 0 Å². The van der Waals surface area contributed by atoms with E-state index in [4.69, 9.17) is 10.8 Å². The van der Waals surface area contributed by atoms with Gasteiger partial charge >= 0.3 is 5.97 Å². The molecular weight excluding hydrogens is 286 g/mol. The van der Waals surface area contributed by atoms with Crippen LogP contribution in [-0.2, 0) is 20.8 Å². The van der Waals surface area contributed by atoms with E-state index < -0.39 is 12.0 Å². The minimum atomic E-state index is -1.00. The second-order valence-corrected chi connectivity index (χ2v) is 5.28. The maximum atomic E-state index is 12.0. The number of amides is 2. The van der Waals surface area contributed by atoms with E-state index in [2.05, 4.69) is 5.32 Å². The summed E-state index contributed by atoms with van der Waals surface area (Å²) in [5.41, 5.74) is 6.98. The highest BCUT2D eigenvalue weighted by Gasteiger charge is 2.33. The van der Waals surface area contributed by atoms with Gasteiger partial charge in [-0.1, -0.05) is 12.1 Å². The van der Waals surface area contributed by atoms with Crippen LogP contribution in [0.15, 0.2) is 24.3 Å². The fraction of sp³-hybridized carbons (Fsp3) is 0.400. The van der Waals surface area contributed by atoms with Crippen LogP contribution in [0.3, 0.4) is 0 Å². The molecule has 0 aliphatic carbocycles. The molecule has 1 heterocycles. The fourth-order valence-electron chi connectivity index (χ4n) is 2.48. The van der Waals surface area contributed by atoms with E-state index in [1.54, 1.807) is 24.3 Å². The summed E-state index contributed by atoms with van der Waals surface area (Å²) in [6, 6.07) is 6.13. The summed E-state index contributed by atoms with van der Waals surface area (Å²) < 4.78 is 0. The smallest absolute Gasteiger partial charge is 0.326 e. The molecule has 4 N–H and O–H groups in total. The topological polar surface area (TPSA) is 113 Å². The number of anilines is 1. The molecule has 1 aromatic carbocycles. The van der Waals surface area contributed by atoms with E-state index in [1.165, 1.54) is 4.90 Å². The van der Waals surface area contributed by atoms with Crippen molar-refractivity contribution in [3.63, 3.8) is 0 Å². The lowest BCUT2D eigenvalue weighted by Gasteiger charge is -2.21. The number of carboxylic acid groups (broad SMARTS) is 1. The third-order valence-electron chi connectivity index (χ3n) is 3.64. The number of carboxylic acids is 1. The maximum absolute atomic E-state index is 12.0. The molecule has 1 atom stereocenters. The number of carbonyl (C=O) groups is 3. The number of nitrogens with one attached hydrogen (secondary N) is 1. The Morgan fingerprint density at radius 2 is 1.95 bits per heavy atom. The predicted molar refractivity (Wildman–Crippen MR) is 79.9 cm³/mol. The highest BCUT2D eigenvalue weighted by Crippen LogP contribution is 2.17. The van der Waals surface area contributed by atoms with Crippen LogP contribution in [0.1, 0.15) is 18.4 Å². The van der Waals surface area contributed by atoms with Crippen LogP contribution in [0.5, 0.6) is 0 Å². The van der Waals surface area contributed by atoms with Gasteiger partial charge in [0.1, 0.15) is 6.04 Å². The number of rotatable bonds is 5. The lowest BCUT2D eigenvalue weighted by Crippen LogP contribution is -2.45. The first kappa shape index (κ1) is 15.8. The van der Waals surface area contributed by atoms with Crippen LogP contribution in [0.4, 0.5) is 5.69 Å². The average Bonchev–Trinajstić information content (AvgIpc) is 2.97. The first-order chi connectivity index (χ1) is 10.5. The van der Waals surface area contributed by atoms with Crippen LogP contribution in [0.2, 0.25) is 0 Å². The van der Waals surface area contributed by atoms with Gasteiger partial charge in [0, 0.05) is 12.2 Å². The molecule has 22 heavy (non-hydrogen) atoms. The van der Waals surface area contributed by atoms with Crippen LogP contribution < -0.4 is 11.1 Å². The summed E-state index contributed by atoms with van der Waals surface area (Å²) in [5.74, 6) is -1.65. The van der Waals surface area contributed by atoms with Gasteiger partial charge in [-0.05, 0) is 30.5 Å². The number of hydrogen-bond acceptors (Lipinski definition) is 4. The summed E-state index contributed by atoms with van der Waals surface area (Å²) in [7, 11) is 0. The highest BCUT2D eigenvalue weighted by molar-refractivity contribution is 5.88. The van der Waals surface area contributed by atoms with Crippen LogP contribution in [0, 0.1) is 0 Å². The zero-order valence-corrected chi connectivity index (χ0v) is 12.1. The Bertz CT molecular complexity index is 571. The van der Waals surface area contributed by atoms with Crippen molar-refractivity contribution >= 4 is 23.5 Å². The molecule has 1 saturated heterocycles. The summed E-state index contributed by atoms with van der Waals surface area (Å²) >= 11 is 0. The highest BCUT2D eigenvalue weighted by atomic mass is 16.4. The van der Waals surface area contributed by atoms with Gasteiger partial charge in [0.15, 0.2) is 0 Å². The summed E-state index contributed by atoms with van der Waals surface area (Å²) in [6.07, 6.45) is 1.28. The van der Waals surface area contributed by atoms with Crippen LogP contribution in [0.25, 0.3) is 0 Å². The molecule has 1 aromatic rings. The van der Waals surface area contributed by atoms with E-state index in [0.29, 0.717) is 25.1 Å². The van der Waals surface area contributed by atoms with Crippen molar-refractivity contribution in [2.24, 2.45) is 0 Å². The number of hydrogen-bond donors (Lipinski definition) is 3. The number of nitrogens with two attached hydrogens (primary N) is 1. The van der Waals surface area contributed by atoms with Crippen molar-refractivity contribution in [1.82, 2.24) is 10.2 Å². The molecular formula is C15H19N3O4. The number of carbonyl (C=O) groups excluding carboxylic acids is 2. The molecule has 1 aliphatic rings. The van der Waals surface area contributed by atoms with Crippen molar-refractivity contribution < 1.29 is 19.5 Å². The lowest BCUT2D eigenvalue weighted by molar-refractivity contribution is -0.148. The number of nitrogen functional groups attached to an aromatic ring is 1. The molecule has 7 nitrogen and oxygen atoms in total. The Balaban J connectivity index is 1.81. The Labute approximate surface area is 128 Å². The van der Waals surface area contributed by atoms with Gasteiger partial charge < -0.3 is 21.1 Å². The van der Waals surface area contributed by atoms with Gasteiger partial charge in [-0.15, -0.1) is 0 Å². The first-order valence-electron chi connectivity index (χ1n) is 7.11. The summed E-state index contributed by atoms with van der Waals surface area (Å²) in [4.78, 5) is 36.1. The number of benzene rings is 1. The van der Waals surface area contributed by atoms with Crippen molar-refractivity contribution in [3.05, 3.63) is 29.8 Å². The lowest BCUT2D eigenvalue weighted by atomic mass is 10.1. The molecule has 0 aromatic heterocycles. The minimum Gasteiger partial charge on any atom is -0.480 e. The van der Waals surface area contributed by atoms with Crippen LogP contribution >= 0.6 is 0 Å². The van der Waals surface area contributed by atoms with Gasteiger partial charge in [-0.2, -0.15) is 0 Å². The third-order valence-corrected chi connectivity index (χ3v) is 3.64. The molecule has 0 bridgehead atoms. The van der Waals surface area contributed by atoms with E-state index in [1.807, 2.05) is 0 Å². The molecule has 1 aliphatic heterocycles. The number of likely N-dealkylation sites (tertiary alicyclic amines) is 1. The molecule has 1 fully saturated rings. The molecule has 0 unspecified atom stereocenters. The molecule has 2 rings (SSSR count). The van der Waals surface area contributed by atoms with Gasteiger partial charge in [-0.25, -0.2) is 4.79 Å². The quantitative estimate of drug-likeness (QED) is 0.663. The van der Waals surface area contributed by atoms with Crippen LogP contribution in [-0.4, -0.2) is 46.9 Å². The predicted octanol–water partition coefficient (Wildman–Crippen LogP) is 0.00310. The zero-order valence-electron chi connectivity index (χ0n) is 12.1. The molecule has 2 amide bonds. The first-order valence-corrected chi connectivity index (χ1v) is 7.11. The van der Waals surface area contributed by atoms with Gasteiger partial charge in [0.25, 0.3) is 0 Å². The largest absolute Gasteiger partial charge is 0.480 e. The molecule has 0 radical (unpaired) electrons. The Kier molecular flexibility index (Phi) is 4.98. The van der Waals surface area contributed by atoms with Crippen molar-refractivity contribution in [3.8, 4) is 0 Å². The van der Waals surface area contributed by atoms with Gasteiger partial charge in [0.05, 0.1) is 13.0 Å². The van der Waals surface area contributed by atoms with E-state index in [9.17, 15) is 14.4 Å². The second-order valence-electron chi connectivity index (χ2n) is 5.28. The average molecular weight is 305 g/mol. The van der Waals surface area contributed by atoms with E-state index in [-0.39, 0.29) is 24.8 Å². The zero-order chi connectivity index (χ0) is 16.1.